The lowest BCUT2D eigenvalue weighted by Crippen LogP contribution is -2.11. The molecule has 2 N–H and O–H groups in total. The van der Waals surface area contributed by atoms with Crippen molar-refractivity contribution < 1.29 is 22.0 Å². The number of allylic oxidation sites excluding steroid dienone is 1. The van der Waals surface area contributed by atoms with Gasteiger partial charge < -0.3 is 8.83 Å². The molecule has 0 spiro atoms. The number of carbonyl (C=O) groups excluding carboxylic acids is 1. The number of sulfonamides is 1. The maximum Gasteiger partial charge on any atom is 0.238 e. The highest BCUT2D eigenvalue weighted by molar-refractivity contribution is 7.89. The monoisotopic (exact) mass is 487 g/mol. The van der Waals surface area contributed by atoms with Crippen molar-refractivity contribution in [3.63, 3.8) is 0 Å². The molecule has 0 fully saturated rings. The van der Waals surface area contributed by atoms with Gasteiger partial charge in [0.05, 0.1) is 9.92 Å². The lowest BCUT2D eigenvalue weighted by molar-refractivity contribution is 0.102. The van der Waals surface area contributed by atoms with E-state index in [0.29, 0.717) is 38.5 Å². The zero-order valence-electron chi connectivity index (χ0n) is 16.3. The third kappa shape index (κ3) is 4.87. The van der Waals surface area contributed by atoms with Crippen LogP contribution < -0.4 is 5.14 Å². The standard InChI is InChI=1S/C23H15Cl2NO5S/c24-15-3-8-18(19(25)13-15)22-11-12-23(31-22)20(27)9-4-16-5-10-21(30-16)14-1-6-17(7-2-14)32(26,28)29/h1-13H,(H2,26,28,29). The average Bonchev–Trinajstić information content (AvgIpc) is 3.42. The number of nitrogens with two attached hydrogens (primary N) is 1. The number of primary sulfonamides is 1. The fourth-order valence-corrected chi connectivity index (χ4v) is 3.97. The summed E-state index contributed by atoms with van der Waals surface area (Å²) in [5.74, 6) is 1.20. The van der Waals surface area contributed by atoms with Crippen molar-refractivity contribution in [2.75, 3.05) is 0 Å². The van der Waals surface area contributed by atoms with E-state index in [4.69, 9.17) is 37.2 Å². The molecule has 0 bridgehead atoms. The van der Waals surface area contributed by atoms with E-state index in [0.717, 1.165) is 0 Å². The number of benzene rings is 2. The van der Waals surface area contributed by atoms with Gasteiger partial charge in [0, 0.05) is 16.1 Å². The normalized spacial score (nSPS) is 11.8. The first-order valence-corrected chi connectivity index (χ1v) is 11.5. The van der Waals surface area contributed by atoms with Gasteiger partial charge in [-0.05, 0) is 78.9 Å². The Morgan fingerprint density at radius 1 is 0.875 bits per heavy atom. The Morgan fingerprint density at radius 2 is 1.59 bits per heavy atom. The minimum absolute atomic E-state index is 0.0104. The van der Waals surface area contributed by atoms with E-state index < -0.39 is 10.0 Å². The van der Waals surface area contributed by atoms with Crippen LogP contribution in [0.4, 0.5) is 0 Å². The summed E-state index contributed by atoms with van der Waals surface area (Å²) < 4.78 is 34.1. The van der Waals surface area contributed by atoms with Gasteiger partial charge in [0.15, 0.2) is 5.76 Å². The number of hydrogen-bond acceptors (Lipinski definition) is 5. The minimum atomic E-state index is -3.76. The van der Waals surface area contributed by atoms with Gasteiger partial charge in [-0.25, -0.2) is 13.6 Å². The van der Waals surface area contributed by atoms with Crippen LogP contribution in [-0.4, -0.2) is 14.2 Å². The lowest BCUT2D eigenvalue weighted by Gasteiger charge is -2.01. The maximum atomic E-state index is 12.5. The molecule has 0 aliphatic carbocycles. The number of ketones is 1. The largest absolute Gasteiger partial charge is 0.457 e. The summed E-state index contributed by atoms with van der Waals surface area (Å²) >= 11 is 12.1. The molecule has 0 radical (unpaired) electrons. The number of carbonyl (C=O) groups is 1. The average molecular weight is 488 g/mol. The van der Waals surface area contributed by atoms with Gasteiger partial charge in [-0.15, -0.1) is 0 Å². The second-order valence-electron chi connectivity index (χ2n) is 6.76. The summed E-state index contributed by atoms with van der Waals surface area (Å²) in [6.07, 6.45) is 2.85. The predicted octanol–water partition coefficient (Wildman–Crippen LogP) is 6.06. The first kappa shape index (κ1) is 22.1. The summed E-state index contributed by atoms with van der Waals surface area (Å²) in [4.78, 5) is 12.5. The van der Waals surface area contributed by atoms with E-state index in [2.05, 4.69) is 0 Å². The van der Waals surface area contributed by atoms with Crippen LogP contribution in [0.25, 0.3) is 28.7 Å². The smallest absolute Gasteiger partial charge is 0.238 e. The number of furan rings is 2. The maximum absolute atomic E-state index is 12.5. The second-order valence-corrected chi connectivity index (χ2v) is 9.16. The molecule has 0 aliphatic heterocycles. The third-order valence-electron chi connectivity index (χ3n) is 4.54. The highest BCUT2D eigenvalue weighted by Crippen LogP contribution is 2.32. The molecule has 2 aromatic carbocycles. The van der Waals surface area contributed by atoms with Crippen molar-refractivity contribution in [2.24, 2.45) is 5.14 Å². The Hall–Kier alpha value is -3.10. The number of halogens is 2. The molecule has 2 aromatic heterocycles. The zero-order valence-corrected chi connectivity index (χ0v) is 18.6. The van der Waals surface area contributed by atoms with Gasteiger partial charge >= 0.3 is 0 Å². The topological polar surface area (TPSA) is 104 Å². The molecular formula is C23H15Cl2NO5S. The van der Waals surface area contributed by atoms with E-state index in [1.807, 2.05) is 0 Å². The Labute approximate surface area is 193 Å². The molecule has 32 heavy (non-hydrogen) atoms. The molecule has 0 aliphatic rings. The first-order valence-electron chi connectivity index (χ1n) is 9.21. The highest BCUT2D eigenvalue weighted by atomic mass is 35.5. The van der Waals surface area contributed by atoms with Crippen molar-refractivity contribution in [3.8, 4) is 22.6 Å². The van der Waals surface area contributed by atoms with Crippen LogP contribution in [0, 0.1) is 0 Å². The summed E-state index contributed by atoms with van der Waals surface area (Å²) in [6, 6.07) is 17.6. The van der Waals surface area contributed by atoms with Gasteiger partial charge in [-0.2, -0.15) is 0 Å². The van der Waals surface area contributed by atoms with Crippen molar-refractivity contribution in [3.05, 3.63) is 94.4 Å². The summed E-state index contributed by atoms with van der Waals surface area (Å²) in [7, 11) is -3.76. The molecule has 0 unspecified atom stereocenters. The molecule has 4 aromatic rings. The molecule has 162 valence electrons. The van der Waals surface area contributed by atoms with E-state index in [9.17, 15) is 13.2 Å². The van der Waals surface area contributed by atoms with Crippen molar-refractivity contribution in [1.29, 1.82) is 0 Å². The van der Waals surface area contributed by atoms with E-state index in [1.165, 1.54) is 24.3 Å². The Bertz CT molecular complexity index is 1430. The summed E-state index contributed by atoms with van der Waals surface area (Å²) in [6.45, 7) is 0. The van der Waals surface area contributed by atoms with Crippen LogP contribution in [-0.2, 0) is 10.0 Å². The molecular weight excluding hydrogens is 473 g/mol. The van der Waals surface area contributed by atoms with Crippen molar-refractivity contribution in [2.45, 2.75) is 4.90 Å². The fraction of sp³-hybridized carbons (Fsp3) is 0. The SMILES string of the molecule is NS(=O)(=O)c1ccc(-c2ccc(C=CC(=O)c3ccc(-c4ccc(Cl)cc4Cl)o3)o2)cc1. The van der Waals surface area contributed by atoms with Crippen LogP contribution in [0.2, 0.25) is 10.0 Å². The minimum Gasteiger partial charge on any atom is -0.457 e. The predicted molar refractivity (Wildman–Crippen MR) is 123 cm³/mol. The second kappa shape index (κ2) is 8.80. The first-order chi connectivity index (χ1) is 15.2. The Balaban J connectivity index is 1.48. The van der Waals surface area contributed by atoms with Crippen LogP contribution in [0.1, 0.15) is 16.3 Å². The van der Waals surface area contributed by atoms with Gasteiger partial charge in [0.2, 0.25) is 15.8 Å². The molecule has 0 atom stereocenters. The molecule has 9 heteroatoms. The van der Waals surface area contributed by atoms with Crippen molar-refractivity contribution >= 4 is 45.1 Å². The van der Waals surface area contributed by atoms with Gasteiger partial charge in [0.25, 0.3) is 0 Å². The molecule has 6 nitrogen and oxygen atoms in total. The molecule has 0 amide bonds. The van der Waals surface area contributed by atoms with E-state index >= 15 is 0 Å². The molecule has 0 saturated carbocycles. The zero-order chi connectivity index (χ0) is 22.9. The molecule has 0 saturated heterocycles. The summed E-state index contributed by atoms with van der Waals surface area (Å²) in [5.41, 5.74) is 1.29. The van der Waals surface area contributed by atoms with Crippen LogP contribution in [0.15, 0.2) is 86.5 Å². The van der Waals surface area contributed by atoms with Crippen LogP contribution in [0.5, 0.6) is 0 Å². The van der Waals surface area contributed by atoms with Crippen LogP contribution in [0.3, 0.4) is 0 Å². The summed E-state index contributed by atoms with van der Waals surface area (Å²) in [5, 5.41) is 6.02. The van der Waals surface area contributed by atoms with Crippen LogP contribution >= 0.6 is 23.2 Å². The Kier molecular flexibility index (Phi) is 6.08. The van der Waals surface area contributed by atoms with Crippen molar-refractivity contribution in [1.82, 2.24) is 0 Å². The van der Waals surface area contributed by atoms with E-state index in [-0.39, 0.29) is 16.4 Å². The van der Waals surface area contributed by atoms with Gasteiger partial charge in [0.1, 0.15) is 17.3 Å². The molecule has 4 rings (SSSR count). The lowest BCUT2D eigenvalue weighted by atomic mass is 10.2. The van der Waals surface area contributed by atoms with Gasteiger partial charge in [-0.1, -0.05) is 23.2 Å². The third-order valence-corrected chi connectivity index (χ3v) is 6.02. The quantitative estimate of drug-likeness (QED) is 0.263. The number of hydrogen-bond donors (Lipinski definition) is 1. The van der Waals surface area contributed by atoms with E-state index in [1.54, 1.807) is 54.6 Å². The Morgan fingerprint density at radius 3 is 2.28 bits per heavy atom. The number of rotatable bonds is 6. The van der Waals surface area contributed by atoms with Gasteiger partial charge in [-0.3, -0.25) is 4.79 Å². The fourth-order valence-electron chi connectivity index (χ4n) is 2.95. The highest BCUT2D eigenvalue weighted by Gasteiger charge is 2.13. The molecule has 2 heterocycles.